The minimum atomic E-state index is -1.27. The monoisotopic (exact) mass is 429 g/mol. The number of amides is 1. The lowest BCUT2D eigenvalue weighted by Crippen LogP contribution is -2.49. The lowest BCUT2D eigenvalue weighted by atomic mass is 10.1. The summed E-state index contributed by atoms with van der Waals surface area (Å²) in [6, 6.07) is 4.54. The normalized spacial score (nSPS) is 20.8. The molecule has 0 spiro atoms. The fraction of sp³-hybridized carbons (Fsp3) is 0.571. The minimum Gasteiger partial charge on any atom is -0.382 e. The van der Waals surface area contributed by atoms with Crippen LogP contribution in [0.3, 0.4) is 0 Å². The molecule has 3 aromatic heterocycles. The Morgan fingerprint density at radius 2 is 2.17 bits per heavy atom. The number of aliphatic hydroxyl groups is 1. The molecule has 30 heavy (non-hydrogen) atoms. The Labute approximate surface area is 178 Å². The van der Waals surface area contributed by atoms with Gasteiger partial charge in [0.1, 0.15) is 22.5 Å². The summed E-state index contributed by atoms with van der Waals surface area (Å²) in [5.74, 6) is 0.131. The van der Waals surface area contributed by atoms with Crippen LogP contribution in [0, 0.1) is 0 Å². The van der Waals surface area contributed by atoms with Crippen LogP contribution in [0.5, 0.6) is 0 Å². The van der Waals surface area contributed by atoms with Crippen LogP contribution in [0.1, 0.15) is 45.4 Å². The minimum absolute atomic E-state index is 0.110. The number of piperidine rings is 1. The molecule has 1 unspecified atom stereocenters. The molecule has 1 amide bonds. The molecule has 4 heterocycles. The van der Waals surface area contributed by atoms with Crippen molar-refractivity contribution in [2.24, 2.45) is 0 Å². The average Bonchev–Trinajstić information content (AvgIpc) is 3.33. The molecule has 5 rings (SSSR count). The molecule has 1 aliphatic carbocycles. The van der Waals surface area contributed by atoms with E-state index >= 15 is 0 Å². The second-order valence-corrected chi connectivity index (χ2v) is 9.92. The van der Waals surface area contributed by atoms with Gasteiger partial charge in [-0.05, 0) is 63.6 Å². The fourth-order valence-corrected chi connectivity index (χ4v) is 5.33. The summed E-state index contributed by atoms with van der Waals surface area (Å²) in [4.78, 5) is 29.1. The van der Waals surface area contributed by atoms with E-state index in [2.05, 4.69) is 15.3 Å². The van der Waals surface area contributed by atoms with E-state index in [-0.39, 0.29) is 24.1 Å². The number of aromatic nitrogens is 3. The van der Waals surface area contributed by atoms with Gasteiger partial charge in [-0.2, -0.15) is 5.10 Å². The van der Waals surface area contributed by atoms with E-state index in [1.54, 1.807) is 24.3 Å². The standard InChI is InChI=1S/C21H27N5O3S/c1-21(2,29)20-23-25(18(28)16-10-13-7-9-30-19(13)26(16)20)12-17(27)22-14-4-3-8-24(11-14)15-5-6-15/h7,9-10,14-15,29H,3-6,8,11-12H2,1-2H3,(H,22,27). The molecule has 8 nitrogen and oxygen atoms in total. The van der Waals surface area contributed by atoms with E-state index in [0.29, 0.717) is 17.4 Å². The van der Waals surface area contributed by atoms with Crippen LogP contribution < -0.4 is 10.9 Å². The van der Waals surface area contributed by atoms with Crippen molar-refractivity contribution in [3.05, 3.63) is 33.7 Å². The Bertz CT molecular complexity index is 1170. The molecule has 0 radical (unpaired) electrons. The summed E-state index contributed by atoms with van der Waals surface area (Å²) < 4.78 is 2.90. The lowest BCUT2D eigenvalue weighted by molar-refractivity contribution is -0.123. The summed E-state index contributed by atoms with van der Waals surface area (Å²) in [5, 5.41) is 21.1. The van der Waals surface area contributed by atoms with Crippen LogP contribution in [-0.2, 0) is 16.9 Å². The molecule has 3 aromatic rings. The number of thiophene rings is 1. The maximum absolute atomic E-state index is 13.1. The first-order valence-corrected chi connectivity index (χ1v) is 11.5. The zero-order chi connectivity index (χ0) is 21.0. The molecule has 2 N–H and O–H groups in total. The predicted molar refractivity (Wildman–Crippen MR) is 116 cm³/mol. The quantitative estimate of drug-likeness (QED) is 0.644. The third-order valence-electron chi connectivity index (χ3n) is 6.01. The topological polar surface area (TPSA) is 91.9 Å². The molecule has 2 aliphatic rings. The summed E-state index contributed by atoms with van der Waals surface area (Å²) in [6.07, 6.45) is 4.55. The Balaban J connectivity index is 1.43. The summed E-state index contributed by atoms with van der Waals surface area (Å²) in [5.41, 5.74) is -1.17. The van der Waals surface area contributed by atoms with Gasteiger partial charge in [0.2, 0.25) is 5.91 Å². The highest BCUT2D eigenvalue weighted by molar-refractivity contribution is 7.16. The molecular formula is C21H27N5O3S. The Morgan fingerprint density at radius 3 is 2.90 bits per heavy atom. The van der Waals surface area contributed by atoms with Crippen molar-refractivity contribution in [3.8, 4) is 0 Å². The summed E-state index contributed by atoms with van der Waals surface area (Å²) in [6.45, 7) is 5.10. The first kappa shape index (κ1) is 19.7. The van der Waals surface area contributed by atoms with Gasteiger partial charge in [-0.15, -0.1) is 11.3 Å². The third-order valence-corrected chi connectivity index (χ3v) is 6.93. The van der Waals surface area contributed by atoms with Crippen molar-refractivity contribution in [1.29, 1.82) is 0 Å². The number of nitrogens with one attached hydrogen (secondary N) is 1. The second kappa shape index (κ2) is 7.18. The first-order valence-electron chi connectivity index (χ1n) is 10.6. The van der Waals surface area contributed by atoms with Crippen LogP contribution in [-0.4, -0.2) is 55.3 Å². The molecule has 1 saturated heterocycles. The summed E-state index contributed by atoms with van der Waals surface area (Å²) >= 11 is 1.49. The molecule has 0 bridgehead atoms. The number of hydrogen-bond acceptors (Lipinski definition) is 6. The SMILES string of the molecule is CC(C)(O)c1nn(CC(=O)NC2CCCN(C3CC3)C2)c(=O)c2cc3ccsc3n12. The molecule has 160 valence electrons. The van der Waals surface area contributed by atoms with Gasteiger partial charge in [0.25, 0.3) is 5.56 Å². The molecule has 1 saturated carbocycles. The van der Waals surface area contributed by atoms with Gasteiger partial charge in [0.15, 0.2) is 5.82 Å². The van der Waals surface area contributed by atoms with Crippen molar-refractivity contribution in [2.45, 2.75) is 63.8 Å². The van der Waals surface area contributed by atoms with Gasteiger partial charge in [-0.1, -0.05) is 0 Å². The van der Waals surface area contributed by atoms with Crippen LogP contribution in [0.15, 0.2) is 22.3 Å². The molecule has 1 aliphatic heterocycles. The Morgan fingerprint density at radius 1 is 1.37 bits per heavy atom. The Hall–Kier alpha value is -2.23. The van der Waals surface area contributed by atoms with Gasteiger partial charge in [-0.3, -0.25) is 18.9 Å². The predicted octanol–water partition coefficient (Wildman–Crippen LogP) is 1.68. The maximum Gasteiger partial charge on any atom is 0.291 e. The van der Waals surface area contributed by atoms with Crippen molar-refractivity contribution in [3.63, 3.8) is 0 Å². The van der Waals surface area contributed by atoms with E-state index in [4.69, 9.17) is 0 Å². The zero-order valence-electron chi connectivity index (χ0n) is 17.3. The number of carbonyl (C=O) groups excluding carboxylic acids is 1. The van der Waals surface area contributed by atoms with Crippen LogP contribution in [0.25, 0.3) is 15.7 Å². The molecule has 9 heteroatoms. The van der Waals surface area contributed by atoms with E-state index in [1.807, 2.05) is 11.4 Å². The number of rotatable bonds is 5. The molecule has 0 aromatic carbocycles. The van der Waals surface area contributed by atoms with Crippen molar-refractivity contribution >= 4 is 33.0 Å². The highest BCUT2D eigenvalue weighted by atomic mass is 32.1. The highest BCUT2D eigenvalue weighted by Gasteiger charge is 2.33. The van der Waals surface area contributed by atoms with E-state index in [0.717, 1.165) is 36.1 Å². The first-order chi connectivity index (χ1) is 14.3. The number of hydrogen-bond donors (Lipinski definition) is 2. The van der Waals surface area contributed by atoms with Crippen LogP contribution in [0.2, 0.25) is 0 Å². The highest BCUT2D eigenvalue weighted by Crippen LogP contribution is 2.30. The van der Waals surface area contributed by atoms with Gasteiger partial charge in [-0.25, -0.2) is 4.68 Å². The van der Waals surface area contributed by atoms with Crippen molar-refractivity contribution in [1.82, 2.24) is 24.4 Å². The van der Waals surface area contributed by atoms with Gasteiger partial charge < -0.3 is 10.4 Å². The number of nitrogens with zero attached hydrogens (tertiary/aromatic N) is 4. The zero-order valence-corrected chi connectivity index (χ0v) is 18.1. The molecule has 2 fully saturated rings. The summed E-state index contributed by atoms with van der Waals surface area (Å²) in [7, 11) is 0. The number of carbonyl (C=O) groups is 1. The van der Waals surface area contributed by atoms with Crippen LogP contribution >= 0.6 is 11.3 Å². The smallest absolute Gasteiger partial charge is 0.291 e. The third kappa shape index (κ3) is 3.55. The van der Waals surface area contributed by atoms with Gasteiger partial charge >= 0.3 is 0 Å². The van der Waals surface area contributed by atoms with E-state index in [9.17, 15) is 14.7 Å². The average molecular weight is 430 g/mol. The van der Waals surface area contributed by atoms with Crippen LogP contribution in [0.4, 0.5) is 0 Å². The second-order valence-electron chi connectivity index (χ2n) is 9.02. The maximum atomic E-state index is 13.1. The van der Waals surface area contributed by atoms with E-state index in [1.165, 1.54) is 28.9 Å². The molecular weight excluding hydrogens is 402 g/mol. The van der Waals surface area contributed by atoms with Crippen molar-refractivity contribution in [2.75, 3.05) is 13.1 Å². The molecule has 1 atom stereocenters. The Kier molecular flexibility index (Phi) is 4.72. The van der Waals surface area contributed by atoms with Gasteiger partial charge in [0, 0.05) is 24.0 Å². The number of fused-ring (bicyclic) bond motifs is 3. The van der Waals surface area contributed by atoms with Gasteiger partial charge in [0.05, 0.1) is 0 Å². The van der Waals surface area contributed by atoms with E-state index < -0.39 is 5.60 Å². The largest absolute Gasteiger partial charge is 0.382 e. The lowest BCUT2D eigenvalue weighted by Gasteiger charge is -2.33. The van der Waals surface area contributed by atoms with Crippen molar-refractivity contribution < 1.29 is 9.90 Å². The fourth-order valence-electron chi connectivity index (χ4n) is 4.44. The number of likely N-dealkylation sites (tertiary alicyclic amines) is 1.